The van der Waals surface area contributed by atoms with Gasteiger partial charge in [0.1, 0.15) is 0 Å². The molecule has 128 valence electrons. The van der Waals surface area contributed by atoms with Gasteiger partial charge in [0.15, 0.2) is 5.82 Å². The van der Waals surface area contributed by atoms with Gasteiger partial charge in [0.2, 0.25) is 5.91 Å². The zero-order chi connectivity index (χ0) is 15.9. The summed E-state index contributed by atoms with van der Waals surface area (Å²) in [5, 5.41) is 6.98. The lowest BCUT2D eigenvalue weighted by Gasteiger charge is -2.17. The van der Waals surface area contributed by atoms with E-state index in [1.165, 1.54) is 0 Å². The highest BCUT2D eigenvalue weighted by molar-refractivity contribution is 5.94. The summed E-state index contributed by atoms with van der Waals surface area (Å²) in [6, 6.07) is 7.45. The van der Waals surface area contributed by atoms with Crippen LogP contribution in [0.1, 0.15) is 44.3 Å². The Balaban J connectivity index is 0.00000169. The Bertz CT molecular complexity index is 718. The molecule has 2 aliphatic rings. The van der Waals surface area contributed by atoms with E-state index >= 15 is 0 Å². The summed E-state index contributed by atoms with van der Waals surface area (Å²) in [7, 11) is 0. The molecule has 7 heteroatoms. The van der Waals surface area contributed by atoms with Crippen LogP contribution in [0.4, 0.5) is 5.69 Å². The Hall–Kier alpha value is -1.92. The summed E-state index contributed by atoms with van der Waals surface area (Å²) in [6.45, 7) is 0. The van der Waals surface area contributed by atoms with Crippen LogP contribution in [0.3, 0.4) is 0 Å². The minimum atomic E-state index is -0.445. The minimum absolute atomic E-state index is 0. The molecule has 2 fully saturated rings. The van der Waals surface area contributed by atoms with Gasteiger partial charge in [-0.3, -0.25) is 4.79 Å². The second-order valence-corrected chi connectivity index (χ2v) is 6.63. The molecule has 0 radical (unpaired) electrons. The minimum Gasteiger partial charge on any atom is -0.334 e. The van der Waals surface area contributed by atoms with Gasteiger partial charge in [-0.05, 0) is 49.9 Å². The predicted molar refractivity (Wildman–Crippen MR) is 92.7 cm³/mol. The highest BCUT2D eigenvalue weighted by Gasteiger charge is 2.36. The van der Waals surface area contributed by atoms with Gasteiger partial charge in [-0.1, -0.05) is 18.0 Å². The Kier molecular flexibility index (Phi) is 4.60. The number of aromatic nitrogens is 2. The lowest BCUT2D eigenvalue weighted by atomic mass is 9.99. The number of benzene rings is 1. The van der Waals surface area contributed by atoms with Crippen LogP contribution in [0.2, 0.25) is 0 Å². The average molecular weight is 349 g/mol. The van der Waals surface area contributed by atoms with Gasteiger partial charge < -0.3 is 15.6 Å². The molecule has 2 aliphatic carbocycles. The van der Waals surface area contributed by atoms with Crippen LogP contribution in [0.5, 0.6) is 0 Å². The van der Waals surface area contributed by atoms with Crippen LogP contribution in [0, 0.1) is 5.92 Å². The molecular formula is C17H21ClN4O2. The van der Waals surface area contributed by atoms with E-state index in [9.17, 15) is 4.79 Å². The summed E-state index contributed by atoms with van der Waals surface area (Å²) in [5.74, 6) is 1.36. The number of amides is 1. The molecular weight excluding hydrogens is 328 g/mol. The Morgan fingerprint density at radius 3 is 2.50 bits per heavy atom. The third kappa shape index (κ3) is 3.30. The summed E-state index contributed by atoms with van der Waals surface area (Å²) in [6.07, 6.45) is 6.01. The monoisotopic (exact) mass is 348 g/mol. The maximum Gasteiger partial charge on any atom is 0.257 e. The van der Waals surface area contributed by atoms with Crippen molar-refractivity contribution in [2.45, 2.75) is 44.1 Å². The van der Waals surface area contributed by atoms with E-state index in [-0.39, 0.29) is 24.2 Å². The van der Waals surface area contributed by atoms with E-state index in [0.29, 0.717) is 11.7 Å². The van der Waals surface area contributed by atoms with Gasteiger partial charge in [-0.15, -0.1) is 12.4 Å². The van der Waals surface area contributed by atoms with E-state index in [2.05, 4.69) is 15.5 Å². The first-order chi connectivity index (χ1) is 11.1. The van der Waals surface area contributed by atoms with Crippen LogP contribution in [0.15, 0.2) is 28.8 Å². The zero-order valence-electron chi connectivity index (χ0n) is 13.3. The standard InChI is InChI=1S/C17H20N4O2.ClH/c18-17(9-1-2-10-17)16-20-15(23-21-16)12-5-7-13(8-6-12)19-14(22)11-3-4-11;/h5-8,11H,1-4,9-10,18H2,(H,19,22);1H. The van der Waals surface area contributed by atoms with E-state index < -0.39 is 5.54 Å². The quantitative estimate of drug-likeness (QED) is 0.884. The van der Waals surface area contributed by atoms with Crippen molar-refractivity contribution in [2.24, 2.45) is 11.7 Å². The highest BCUT2D eigenvalue weighted by atomic mass is 35.5. The first-order valence-corrected chi connectivity index (χ1v) is 8.18. The van der Waals surface area contributed by atoms with Crippen LogP contribution in [-0.4, -0.2) is 16.0 Å². The highest BCUT2D eigenvalue weighted by Crippen LogP contribution is 2.35. The number of hydrogen-bond donors (Lipinski definition) is 2. The molecule has 0 aliphatic heterocycles. The number of halogens is 1. The number of nitrogens with zero attached hydrogens (tertiary/aromatic N) is 2. The van der Waals surface area contributed by atoms with E-state index in [0.717, 1.165) is 49.8 Å². The third-order valence-corrected chi connectivity index (χ3v) is 4.71. The van der Waals surface area contributed by atoms with E-state index in [4.69, 9.17) is 10.3 Å². The lowest BCUT2D eigenvalue weighted by molar-refractivity contribution is -0.117. The van der Waals surface area contributed by atoms with Crippen LogP contribution in [-0.2, 0) is 10.3 Å². The fourth-order valence-electron chi connectivity index (χ4n) is 3.06. The van der Waals surface area contributed by atoms with Gasteiger partial charge in [-0.25, -0.2) is 0 Å². The van der Waals surface area contributed by atoms with Gasteiger partial charge in [0, 0.05) is 17.2 Å². The first-order valence-electron chi connectivity index (χ1n) is 8.18. The number of nitrogens with one attached hydrogen (secondary N) is 1. The lowest BCUT2D eigenvalue weighted by Crippen LogP contribution is -2.34. The van der Waals surface area contributed by atoms with Crippen molar-refractivity contribution in [3.63, 3.8) is 0 Å². The molecule has 0 spiro atoms. The first kappa shape index (κ1) is 16.9. The summed E-state index contributed by atoms with van der Waals surface area (Å²) >= 11 is 0. The number of anilines is 1. The maximum absolute atomic E-state index is 11.7. The zero-order valence-corrected chi connectivity index (χ0v) is 14.1. The van der Waals surface area contributed by atoms with Gasteiger partial charge in [0.05, 0.1) is 5.54 Å². The number of carbonyl (C=O) groups is 1. The molecule has 4 rings (SSSR count). The number of carbonyl (C=O) groups excluding carboxylic acids is 1. The topological polar surface area (TPSA) is 94.0 Å². The fraction of sp³-hybridized carbons (Fsp3) is 0.471. The molecule has 2 saturated carbocycles. The van der Waals surface area contributed by atoms with Crippen LogP contribution < -0.4 is 11.1 Å². The molecule has 0 bridgehead atoms. The fourth-order valence-corrected chi connectivity index (χ4v) is 3.06. The van der Waals surface area contributed by atoms with Crippen LogP contribution >= 0.6 is 12.4 Å². The predicted octanol–water partition coefficient (Wildman–Crippen LogP) is 3.23. The molecule has 3 N–H and O–H groups in total. The van der Waals surface area contributed by atoms with E-state index in [1.807, 2.05) is 24.3 Å². The second-order valence-electron chi connectivity index (χ2n) is 6.63. The molecule has 0 atom stereocenters. The normalized spacial score (nSPS) is 18.9. The van der Waals surface area contributed by atoms with Crippen molar-refractivity contribution in [2.75, 3.05) is 5.32 Å². The number of hydrogen-bond acceptors (Lipinski definition) is 5. The van der Waals surface area contributed by atoms with E-state index in [1.54, 1.807) is 0 Å². The van der Waals surface area contributed by atoms with Crippen LogP contribution in [0.25, 0.3) is 11.5 Å². The molecule has 0 saturated heterocycles. The number of nitrogens with two attached hydrogens (primary N) is 1. The van der Waals surface area contributed by atoms with Crippen molar-refractivity contribution >= 4 is 24.0 Å². The summed E-state index contributed by atoms with van der Waals surface area (Å²) in [4.78, 5) is 16.2. The van der Waals surface area contributed by atoms with Gasteiger partial charge in [-0.2, -0.15) is 4.98 Å². The van der Waals surface area contributed by atoms with Crippen molar-refractivity contribution in [3.05, 3.63) is 30.1 Å². The van der Waals surface area contributed by atoms with Gasteiger partial charge in [0.25, 0.3) is 5.89 Å². The Labute approximate surface area is 146 Å². The molecule has 1 heterocycles. The average Bonchev–Trinajstić information content (AvgIpc) is 3.12. The third-order valence-electron chi connectivity index (χ3n) is 4.71. The van der Waals surface area contributed by atoms with Gasteiger partial charge >= 0.3 is 0 Å². The maximum atomic E-state index is 11.7. The number of rotatable bonds is 4. The molecule has 0 unspecified atom stereocenters. The van der Waals surface area contributed by atoms with Crippen molar-refractivity contribution in [1.29, 1.82) is 0 Å². The Morgan fingerprint density at radius 1 is 1.21 bits per heavy atom. The van der Waals surface area contributed by atoms with Crippen molar-refractivity contribution < 1.29 is 9.32 Å². The van der Waals surface area contributed by atoms with Crippen molar-refractivity contribution in [3.8, 4) is 11.5 Å². The van der Waals surface area contributed by atoms with Crippen molar-refractivity contribution in [1.82, 2.24) is 10.1 Å². The molecule has 2 aromatic rings. The Morgan fingerprint density at radius 2 is 1.88 bits per heavy atom. The smallest absolute Gasteiger partial charge is 0.257 e. The molecule has 1 amide bonds. The molecule has 6 nitrogen and oxygen atoms in total. The molecule has 1 aromatic heterocycles. The SMILES string of the molecule is Cl.NC1(c2noc(-c3ccc(NC(=O)C4CC4)cc3)n2)CCCC1. The second kappa shape index (κ2) is 6.53. The largest absolute Gasteiger partial charge is 0.334 e. The molecule has 1 aromatic carbocycles. The summed E-state index contributed by atoms with van der Waals surface area (Å²) < 4.78 is 5.37. The molecule has 24 heavy (non-hydrogen) atoms. The summed E-state index contributed by atoms with van der Waals surface area (Å²) in [5.41, 5.74) is 7.52.